The van der Waals surface area contributed by atoms with E-state index in [9.17, 15) is 9.59 Å². The molecule has 112 valence electrons. The van der Waals surface area contributed by atoms with Gasteiger partial charge in [0.15, 0.2) is 0 Å². The number of carbonyl (C=O) groups is 2. The molecule has 2 amide bonds. The number of aliphatic carboxylic acids is 1. The van der Waals surface area contributed by atoms with Gasteiger partial charge in [-0.05, 0) is 18.6 Å². The number of carbonyl (C=O) groups excluding carboxylic acids is 1. The molecule has 8 heteroatoms. The molecule has 0 atom stereocenters. The van der Waals surface area contributed by atoms with Crippen molar-refractivity contribution in [2.24, 2.45) is 0 Å². The van der Waals surface area contributed by atoms with Gasteiger partial charge in [-0.2, -0.15) is 5.10 Å². The summed E-state index contributed by atoms with van der Waals surface area (Å²) >= 11 is 1.67. The molecule has 2 aromatic heterocycles. The molecule has 2 heterocycles. The number of urea groups is 1. The zero-order chi connectivity index (χ0) is 15.2. The van der Waals surface area contributed by atoms with Crippen molar-refractivity contribution >= 4 is 29.0 Å². The van der Waals surface area contributed by atoms with Crippen LogP contribution in [0.1, 0.15) is 16.7 Å². The van der Waals surface area contributed by atoms with Gasteiger partial charge in [-0.15, -0.1) is 11.3 Å². The zero-order valence-corrected chi connectivity index (χ0v) is 12.3. The molecule has 0 unspecified atom stereocenters. The standard InChI is InChI=1S/C13H16N4O3S/c1-2-10-3-4-11(21-10)6-14-13(20)16-9-5-15-17(7-9)8-12(18)19/h3-5,7H,2,6,8H2,1H3,(H,18,19)(H2,14,16,20). The van der Waals surface area contributed by atoms with Gasteiger partial charge in [0.2, 0.25) is 0 Å². The summed E-state index contributed by atoms with van der Waals surface area (Å²) in [6.45, 7) is 2.31. The van der Waals surface area contributed by atoms with Gasteiger partial charge >= 0.3 is 12.0 Å². The Labute approximate surface area is 125 Å². The number of aromatic nitrogens is 2. The highest BCUT2D eigenvalue weighted by Crippen LogP contribution is 2.16. The smallest absolute Gasteiger partial charge is 0.325 e. The Balaban J connectivity index is 1.81. The number of rotatable bonds is 6. The zero-order valence-electron chi connectivity index (χ0n) is 11.5. The topological polar surface area (TPSA) is 96.3 Å². The maximum atomic E-state index is 11.7. The minimum absolute atomic E-state index is 0.238. The van der Waals surface area contributed by atoms with E-state index in [1.807, 2.05) is 6.07 Å². The fourth-order valence-corrected chi connectivity index (χ4v) is 2.60. The molecule has 2 rings (SSSR count). The number of carboxylic acid groups (broad SMARTS) is 1. The molecule has 2 aromatic rings. The first-order chi connectivity index (χ1) is 10.1. The van der Waals surface area contributed by atoms with E-state index in [4.69, 9.17) is 5.11 Å². The van der Waals surface area contributed by atoms with Crippen LogP contribution in [0.2, 0.25) is 0 Å². The fourth-order valence-electron chi connectivity index (χ4n) is 1.70. The van der Waals surface area contributed by atoms with Crippen LogP contribution in [-0.2, 0) is 24.3 Å². The third-order valence-electron chi connectivity index (χ3n) is 2.68. The molecule has 0 bridgehead atoms. The third kappa shape index (κ3) is 4.60. The summed E-state index contributed by atoms with van der Waals surface area (Å²) in [5.74, 6) is -0.987. The van der Waals surface area contributed by atoms with E-state index in [1.165, 1.54) is 22.0 Å². The molecule has 0 radical (unpaired) electrons. The summed E-state index contributed by atoms with van der Waals surface area (Å²) in [6.07, 6.45) is 3.86. The fraction of sp³-hybridized carbons (Fsp3) is 0.308. The lowest BCUT2D eigenvalue weighted by Gasteiger charge is -2.04. The Morgan fingerprint density at radius 1 is 1.38 bits per heavy atom. The van der Waals surface area contributed by atoms with Gasteiger partial charge in [0.25, 0.3) is 0 Å². The second-order valence-corrected chi connectivity index (χ2v) is 5.60. The molecule has 0 fully saturated rings. The van der Waals surface area contributed by atoms with Crippen LogP contribution in [0.25, 0.3) is 0 Å². The molecule has 0 aliphatic heterocycles. The van der Waals surface area contributed by atoms with E-state index in [2.05, 4.69) is 28.7 Å². The van der Waals surface area contributed by atoms with Crippen molar-refractivity contribution < 1.29 is 14.7 Å². The van der Waals surface area contributed by atoms with Crippen molar-refractivity contribution in [2.45, 2.75) is 26.4 Å². The number of amides is 2. The number of hydrogen-bond donors (Lipinski definition) is 3. The Morgan fingerprint density at radius 3 is 2.81 bits per heavy atom. The van der Waals surface area contributed by atoms with Crippen LogP contribution < -0.4 is 10.6 Å². The minimum Gasteiger partial charge on any atom is -0.480 e. The molecule has 0 aliphatic rings. The number of nitrogens with one attached hydrogen (secondary N) is 2. The van der Waals surface area contributed by atoms with Crippen LogP contribution in [0.4, 0.5) is 10.5 Å². The maximum Gasteiger partial charge on any atom is 0.325 e. The number of nitrogens with zero attached hydrogens (tertiary/aromatic N) is 2. The molecule has 0 aliphatic carbocycles. The lowest BCUT2D eigenvalue weighted by Crippen LogP contribution is -2.27. The van der Waals surface area contributed by atoms with Crippen molar-refractivity contribution in [3.8, 4) is 0 Å². The van der Waals surface area contributed by atoms with Gasteiger partial charge in [0.1, 0.15) is 6.54 Å². The number of hydrogen-bond acceptors (Lipinski definition) is 4. The summed E-state index contributed by atoms with van der Waals surface area (Å²) in [5, 5.41) is 17.8. The summed E-state index contributed by atoms with van der Waals surface area (Å²) in [6, 6.07) is 3.70. The molecule has 0 spiro atoms. The first-order valence-electron chi connectivity index (χ1n) is 6.43. The Kier molecular flexibility index (Phi) is 4.94. The second-order valence-electron chi connectivity index (χ2n) is 4.35. The lowest BCUT2D eigenvalue weighted by atomic mass is 10.4. The average molecular weight is 308 g/mol. The van der Waals surface area contributed by atoms with Crippen LogP contribution in [0.15, 0.2) is 24.5 Å². The van der Waals surface area contributed by atoms with Gasteiger partial charge in [0.05, 0.1) is 18.4 Å². The predicted octanol–water partition coefficient (Wildman–Crippen LogP) is 1.91. The summed E-state index contributed by atoms with van der Waals surface area (Å²) in [7, 11) is 0. The van der Waals surface area contributed by atoms with E-state index in [0.717, 1.165) is 11.3 Å². The minimum atomic E-state index is -0.987. The molecule has 21 heavy (non-hydrogen) atoms. The van der Waals surface area contributed by atoms with Crippen LogP contribution in [0.3, 0.4) is 0 Å². The molecule has 3 N–H and O–H groups in total. The van der Waals surface area contributed by atoms with Crippen molar-refractivity contribution in [2.75, 3.05) is 5.32 Å². The maximum absolute atomic E-state index is 11.7. The van der Waals surface area contributed by atoms with Crippen LogP contribution >= 0.6 is 11.3 Å². The van der Waals surface area contributed by atoms with Gasteiger partial charge < -0.3 is 15.7 Å². The lowest BCUT2D eigenvalue weighted by molar-refractivity contribution is -0.137. The Bertz CT molecular complexity index is 635. The monoisotopic (exact) mass is 308 g/mol. The normalized spacial score (nSPS) is 10.3. The van der Waals surface area contributed by atoms with E-state index in [-0.39, 0.29) is 12.6 Å². The van der Waals surface area contributed by atoms with Crippen molar-refractivity contribution in [3.63, 3.8) is 0 Å². The van der Waals surface area contributed by atoms with E-state index in [0.29, 0.717) is 12.2 Å². The first kappa shape index (κ1) is 15.0. The number of carboxylic acids is 1. The highest BCUT2D eigenvalue weighted by molar-refractivity contribution is 7.11. The summed E-state index contributed by atoms with van der Waals surface area (Å²) < 4.78 is 1.24. The number of aryl methyl sites for hydroxylation is 1. The van der Waals surface area contributed by atoms with Crippen LogP contribution in [0, 0.1) is 0 Å². The SMILES string of the molecule is CCc1ccc(CNC(=O)Nc2cnn(CC(=O)O)c2)s1. The largest absolute Gasteiger partial charge is 0.480 e. The number of thiophene rings is 1. The van der Waals surface area contributed by atoms with E-state index < -0.39 is 5.97 Å². The Hall–Kier alpha value is -2.35. The molecule has 0 aromatic carbocycles. The number of anilines is 1. The summed E-state index contributed by atoms with van der Waals surface area (Å²) in [5.41, 5.74) is 0.453. The quantitative estimate of drug-likeness (QED) is 0.759. The van der Waals surface area contributed by atoms with Crippen molar-refractivity contribution in [1.82, 2.24) is 15.1 Å². The second kappa shape index (κ2) is 6.89. The van der Waals surface area contributed by atoms with Crippen LogP contribution in [0.5, 0.6) is 0 Å². The van der Waals surface area contributed by atoms with Gasteiger partial charge in [0, 0.05) is 16.0 Å². The highest BCUT2D eigenvalue weighted by Gasteiger charge is 2.06. The van der Waals surface area contributed by atoms with Gasteiger partial charge in [-0.3, -0.25) is 9.48 Å². The van der Waals surface area contributed by atoms with Crippen molar-refractivity contribution in [1.29, 1.82) is 0 Å². The van der Waals surface area contributed by atoms with E-state index in [1.54, 1.807) is 11.3 Å². The average Bonchev–Trinajstić information content (AvgIpc) is 3.05. The Morgan fingerprint density at radius 2 is 2.14 bits per heavy atom. The van der Waals surface area contributed by atoms with Gasteiger partial charge in [-0.25, -0.2) is 4.79 Å². The van der Waals surface area contributed by atoms with Crippen LogP contribution in [-0.4, -0.2) is 26.9 Å². The first-order valence-corrected chi connectivity index (χ1v) is 7.25. The van der Waals surface area contributed by atoms with Gasteiger partial charge in [-0.1, -0.05) is 6.92 Å². The predicted molar refractivity (Wildman–Crippen MR) is 79.4 cm³/mol. The van der Waals surface area contributed by atoms with E-state index >= 15 is 0 Å². The molecular weight excluding hydrogens is 292 g/mol. The molecule has 7 nitrogen and oxygen atoms in total. The molecule has 0 saturated heterocycles. The molecule has 0 saturated carbocycles. The van der Waals surface area contributed by atoms with Crippen molar-refractivity contribution in [3.05, 3.63) is 34.3 Å². The highest BCUT2D eigenvalue weighted by atomic mass is 32.1. The third-order valence-corrected chi connectivity index (χ3v) is 3.91. The summed E-state index contributed by atoms with van der Waals surface area (Å²) in [4.78, 5) is 24.6. The molecular formula is C13H16N4O3S.